The molecule has 2 aromatic carbocycles. The van der Waals surface area contributed by atoms with Gasteiger partial charge in [-0.2, -0.15) is 0 Å². The maximum atomic E-state index is 13.9. The van der Waals surface area contributed by atoms with Crippen molar-refractivity contribution in [1.29, 1.82) is 0 Å². The summed E-state index contributed by atoms with van der Waals surface area (Å²) in [5.41, 5.74) is 2.30. The SMILES string of the molecule is CC1=CC2=C(C(C)C)C(O)C(=O)/C(=C\N[C@H](CC(C)C)C(=O)O)C2C(O)=C1c1c(C)cc2c(C(C)C)c(O)c(O)c(C=N[C@@H](CC(C)C)C(=O)O)c2c1O.[Na+].[Na+]. The molecule has 0 aromatic heterocycles. The number of allylic oxidation sites excluding steroid dienone is 4. The summed E-state index contributed by atoms with van der Waals surface area (Å²) in [5.74, 6) is -6.58. The van der Waals surface area contributed by atoms with Gasteiger partial charge in [-0.3, -0.25) is 9.79 Å². The second-order valence-electron chi connectivity index (χ2n) is 15.9. The molecule has 0 aliphatic heterocycles. The summed E-state index contributed by atoms with van der Waals surface area (Å²) in [4.78, 5) is 42.3. The maximum Gasteiger partial charge on any atom is 1.00 e. The van der Waals surface area contributed by atoms with Crippen molar-refractivity contribution in [3.8, 4) is 17.2 Å². The number of ketones is 1. The smallest absolute Gasteiger partial charge is 0.511 e. The summed E-state index contributed by atoms with van der Waals surface area (Å²) < 4.78 is 0. The number of Topliss-reactive ketones (excluding diaryl/α,β-unsaturated/α-hetero) is 1. The van der Waals surface area contributed by atoms with E-state index in [9.17, 15) is 50.1 Å². The number of phenolic OH excluding ortho intramolecular Hbond substituents is 3. The van der Waals surface area contributed by atoms with Gasteiger partial charge in [0.1, 0.15) is 29.7 Å². The summed E-state index contributed by atoms with van der Waals surface area (Å²) >= 11 is 0. The van der Waals surface area contributed by atoms with E-state index in [0.717, 1.165) is 6.21 Å². The molecule has 0 bridgehead atoms. The molecule has 4 rings (SSSR count). The fourth-order valence-electron chi connectivity index (χ4n) is 7.73. The number of aliphatic imine (C=N–C) groups is 1. The van der Waals surface area contributed by atoms with E-state index in [-0.39, 0.29) is 135 Å². The Morgan fingerprint density at radius 2 is 1.45 bits per heavy atom. The molecule has 2 aromatic rings. The number of carbonyl (C=O) groups excluding carboxylic acids is 1. The van der Waals surface area contributed by atoms with Crippen LogP contribution in [0.15, 0.2) is 51.4 Å². The van der Waals surface area contributed by atoms with Crippen molar-refractivity contribution in [2.45, 2.75) is 106 Å². The average Bonchev–Trinajstić information content (AvgIpc) is 3.04. The summed E-state index contributed by atoms with van der Waals surface area (Å²) in [6, 6.07) is -0.525. The molecule has 56 heavy (non-hydrogen) atoms. The predicted octanol–water partition coefficient (Wildman–Crippen LogP) is 1.03. The van der Waals surface area contributed by atoms with Gasteiger partial charge in [0.15, 0.2) is 17.3 Å². The molecule has 2 aliphatic rings. The first kappa shape index (κ1) is 49.0. The van der Waals surface area contributed by atoms with E-state index in [1.807, 2.05) is 41.5 Å². The van der Waals surface area contributed by atoms with Gasteiger partial charge >= 0.3 is 71.1 Å². The molecule has 0 fully saturated rings. The number of nitrogens with zero attached hydrogens (tertiary/aromatic N) is 1. The monoisotopic (exact) mass is 792 g/mol. The Morgan fingerprint density at radius 1 is 0.857 bits per heavy atom. The maximum absolute atomic E-state index is 13.9. The number of aliphatic carboxylic acids is 2. The van der Waals surface area contributed by atoms with Crippen molar-refractivity contribution in [3.05, 3.63) is 68.6 Å². The number of carboxylic acids is 2. The molecule has 0 saturated carbocycles. The number of aryl methyl sites for hydroxylation is 1. The fourth-order valence-corrected chi connectivity index (χ4v) is 7.73. The number of nitrogens with one attached hydrogen (secondary N) is 1. The minimum atomic E-state index is -1.54. The number of aliphatic hydroxyl groups excluding tert-OH is 2. The minimum Gasteiger partial charge on any atom is -0.511 e. The Balaban J connectivity index is 0.00000541. The average molecular weight is 793 g/mol. The van der Waals surface area contributed by atoms with E-state index >= 15 is 0 Å². The zero-order valence-corrected chi connectivity index (χ0v) is 38.6. The van der Waals surface area contributed by atoms with Gasteiger partial charge in [-0.25, -0.2) is 9.59 Å². The van der Waals surface area contributed by atoms with Crippen molar-refractivity contribution in [3.63, 3.8) is 0 Å². The Morgan fingerprint density at radius 3 is 1.95 bits per heavy atom. The van der Waals surface area contributed by atoms with Crippen LogP contribution in [0.3, 0.4) is 0 Å². The Bertz CT molecular complexity index is 2040. The molecular formula is C42H54N2Na2O10+2. The van der Waals surface area contributed by atoms with Crippen LogP contribution in [-0.4, -0.2) is 77.9 Å². The molecular weight excluding hydrogens is 738 g/mol. The second-order valence-corrected chi connectivity index (χ2v) is 15.9. The van der Waals surface area contributed by atoms with E-state index in [4.69, 9.17) is 0 Å². The van der Waals surface area contributed by atoms with Crippen LogP contribution in [0.2, 0.25) is 0 Å². The van der Waals surface area contributed by atoms with Crippen molar-refractivity contribution < 1.29 is 109 Å². The summed E-state index contributed by atoms with van der Waals surface area (Å²) in [6.45, 7) is 18.1. The molecule has 2 aliphatic carbocycles. The van der Waals surface area contributed by atoms with Gasteiger partial charge in [-0.15, -0.1) is 0 Å². The van der Waals surface area contributed by atoms with Gasteiger partial charge in [0, 0.05) is 45.6 Å². The Labute approximate surface area is 372 Å². The number of fused-ring (bicyclic) bond motifs is 2. The normalized spacial score (nSPS) is 19.2. The number of hydrogen-bond donors (Lipinski definition) is 8. The van der Waals surface area contributed by atoms with Crippen molar-refractivity contribution in [1.82, 2.24) is 5.32 Å². The molecule has 0 saturated heterocycles. The van der Waals surface area contributed by atoms with Gasteiger partial charge in [0.25, 0.3) is 0 Å². The van der Waals surface area contributed by atoms with E-state index in [1.54, 1.807) is 39.8 Å². The zero-order chi connectivity index (χ0) is 40.7. The third-order valence-electron chi connectivity index (χ3n) is 10.1. The third-order valence-corrected chi connectivity index (χ3v) is 10.1. The fraction of sp³-hybridized carbons (Fsp3) is 0.476. The van der Waals surface area contributed by atoms with Gasteiger partial charge in [0.2, 0.25) is 0 Å². The van der Waals surface area contributed by atoms with Gasteiger partial charge in [0.05, 0.1) is 5.92 Å². The van der Waals surface area contributed by atoms with Crippen LogP contribution in [0.4, 0.5) is 0 Å². The largest absolute Gasteiger partial charge is 1.00 e. The number of carbonyl (C=O) groups is 3. The van der Waals surface area contributed by atoms with Crippen LogP contribution in [0.5, 0.6) is 17.2 Å². The molecule has 292 valence electrons. The number of aromatic hydroxyl groups is 3. The number of phenols is 3. The van der Waals surface area contributed by atoms with E-state index in [2.05, 4.69) is 10.3 Å². The first-order chi connectivity index (χ1) is 25.1. The first-order valence-corrected chi connectivity index (χ1v) is 18.4. The third kappa shape index (κ3) is 9.60. The molecule has 14 heteroatoms. The van der Waals surface area contributed by atoms with E-state index in [1.165, 1.54) is 6.20 Å². The summed E-state index contributed by atoms with van der Waals surface area (Å²) in [7, 11) is 0. The van der Waals surface area contributed by atoms with Gasteiger partial charge in [-0.1, -0.05) is 67.5 Å². The van der Waals surface area contributed by atoms with Crippen molar-refractivity contribution in [2.75, 3.05) is 0 Å². The quantitative estimate of drug-likeness (QED) is 0.0621. The predicted molar refractivity (Wildman–Crippen MR) is 208 cm³/mol. The van der Waals surface area contributed by atoms with Crippen molar-refractivity contribution >= 4 is 40.3 Å². The molecule has 0 radical (unpaired) electrons. The number of aliphatic hydroxyl groups is 2. The number of hydrogen-bond acceptors (Lipinski definition) is 10. The van der Waals surface area contributed by atoms with Crippen LogP contribution in [0, 0.1) is 30.6 Å². The zero-order valence-electron chi connectivity index (χ0n) is 34.6. The first-order valence-electron chi connectivity index (χ1n) is 18.4. The molecule has 2 unspecified atom stereocenters. The number of rotatable bonds is 13. The molecule has 0 amide bonds. The van der Waals surface area contributed by atoms with Gasteiger partial charge < -0.3 is 41.1 Å². The Kier molecular flexibility index (Phi) is 17.1. The second kappa shape index (κ2) is 19.6. The van der Waals surface area contributed by atoms with Crippen LogP contribution in [0.25, 0.3) is 16.3 Å². The number of benzene rings is 2. The molecule has 0 spiro atoms. The molecule has 8 N–H and O–H groups in total. The minimum absolute atomic E-state index is 0. The summed E-state index contributed by atoms with van der Waals surface area (Å²) in [6.07, 6.45) is 3.03. The number of carboxylic acid groups (broad SMARTS) is 2. The van der Waals surface area contributed by atoms with Crippen LogP contribution in [0.1, 0.15) is 103 Å². The molecule has 4 atom stereocenters. The van der Waals surface area contributed by atoms with Crippen LogP contribution >= 0.6 is 0 Å². The summed E-state index contributed by atoms with van der Waals surface area (Å²) in [5, 5.41) is 81.5. The van der Waals surface area contributed by atoms with Gasteiger partial charge in [-0.05, 0) is 78.0 Å². The molecule has 12 nitrogen and oxygen atoms in total. The Hall–Kier alpha value is -3.10. The van der Waals surface area contributed by atoms with E-state index < -0.39 is 53.3 Å². The topological polar surface area (TPSA) is 217 Å². The van der Waals surface area contributed by atoms with Crippen molar-refractivity contribution in [2.24, 2.45) is 28.7 Å². The van der Waals surface area contributed by atoms with E-state index in [0.29, 0.717) is 33.2 Å². The standard InChI is InChI=1S/C42H54N2O10.2Na/c1-17(2)11-27(41(51)52)43-15-25-33-23(29(19(5)6)39(49)35(25)45)13-21(9)31(37(33)47)32-22(10)14-24-30(20(7)8)40(50)36(46)26(34(24)38(32)48)16-44-28(42(53)54)12-18(3)4;;/h13-20,27-28,33,39,43,46-50H,11-12H2,1-10H3,(H,51,52)(H,53,54);;/q;2*+1/b25-15-,44-16?;;/t27-,28+,33?,39?;;/m1../s1. The molecule has 0 heterocycles. The van der Waals surface area contributed by atoms with Crippen LogP contribution in [-0.2, 0) is 14.4 Å². The van der Waals surface area contributed by atoms with Crippen LogP contribution < -0.4 is 64.4 Å².